The first-order valence-corrected chi connectivity index (χ1v) is 5.96. The van der Waals surface area contributed by atoms with E-state index < -0.39 is 24.2 Å². The lowest BCUT2D eigenvalue weighted by Gasteiger charge is -2.20. The molecule has 19 heavy (non-hydrogen) atoms. The van der Waals surface area contributed by atoms with Crippen LogP contribution in [-0.2, 0) is 16.1 Å². The van der Waals surface area contributed by atoms with Gasteiger partial charge in [0.25, 0.3) is 0 Å². The molecule has 1 heterocycles. The first-order valence-electron chi connectivity index (χ1n) is 5.96. The van der Waals surface area contributed by atoms with Gasteiger partial charge in [0.15, 0.2) is 0 Å². The van der Waals surface area contributed by atoms with E-state index in [0.29, 0.717) is 0 Å². The van der Waals surface area contributed by atoms with E-state index in [0.717, 1.165) is 10.5 Å². The Morgan fingerprint density at radius 2 is 2.00 bits per heavy atom. The summed E-state index contributed by atoms with van der Waals surface area (Å²) in [5.41, 5.74) is 0.822. The maximum Gasteiger partial charge on any atom is 0.410 e. The Morgan fingerprint density at radius 1 is 1.32 bits per heavy atom. The van der Waals surface area contributed by atoms with Crippen molar-refractivity contribution in [3.8, 4) is 0 Å². The molecule has 0 saturated carbocycles. The number of benzene rings is 1. The fourth-order valence-electron chi connectivity index (χ4n) is 2.05. The monoisotopic (exact) mass is 265 g/mol. The van der Waals surface area contributed by atoms with E-state index in [4.69, 9.17) is 9.84 Å². The van der Waals surface area contributed by atoms with E-state index >= 15 is 0 Å². The van der Waals surface area contributed by atoms with Gasteiger partial charge in [0, 0.05) is 6.42 Å². The van der Waals surface area contributed by atoms with Crippen LogP contribution in [0.15, 0.2) is 30.3 Å². The number of amides is 1. The van der Waals surface area contributed by atoms with Crippen LogP contribution >= 0.6 is 0 Å². The normalized spacial score (nSPS) is 22.3. The van der Waals surface area contributed by atoms with Gasteiger partial charge in [0.2, 0.25) is 0 Å². The number of hydrogen-bond donors (Lipinski definition) is 2. The van der Waals surface area contributed by atoms with Crippen LogP contribution in [-0.4, -0.2) is 45.9 Å². The highest BCUT2D eigenvalue weighted by Gasteiger charge is 2.39. The fourth-order valence-corrected chi connectivity index (χ4v) is 2.05. The van der Waals surface area contributed by atoms with Crippen molar-refractivity contribution in [2.75, 3.05) is 6.54 Å². The zero-order valence-corrected chi connectivity index (χ0v) is 10.2. The van der Waals surface area contributed by atoms with Gasteiger partial charge in [0.05, 0.1) is 12.6 Å². The summed E-state index contributed by atoms with van der Waals surface area (Å²) in [5, 5.41) is 18.4. The quantitative estimate of drug-likeness (QED) is 0.845. The predicted octanol–water partition coefficient (Wildman–Crippen LogP) is 0.843. The van der Waals surface area contributed by atoms with Crippen molar-refractivity contribution in [2.24, 2.45) is 0 Å². The van der Waals surface area contributed by atoms with Crippen molar-refractivity contribution < 1.29 is 24.5 Å². The Labute approximate surface area is 110 Å². The molecule has 102 valence electrons. The number of carboxylic acids is 1. The van der Waals surface area contributed by atoms with Gasteiger partial charge in [0.1, 0.15) is 12.6 Å². The van der Waals surface area contributed by atoms with Crippen molar-refractivity contribution in [2.45, 2.75) is 25.2 Å². The van der Waals surface area contributed by atoms with Gasteiger partial charge in [-0.15, -0.1) is 0 Å². The first-order chi connectivity index (χ1) is 9.08. The van der Waals surface area contributed by atoms with Crippen LogP contribution in [0.5, 0.6) is 0 Å². The molecule has 0 radical (unpaired) electrons. The van der Waals surface area contributed by atoms with Gasteiger partial charge in [-0.1, -0.05) is 30.3 Å². The molecule has 1 aliphatic heterocycles. The number of β-amino-alcohol motifs (C(OH)–C–C–N with tert-alkyl or cyclic N) is 1. The SMILES string of the molecule is O=C(O)[C@H]1C[C@H](O)CN1C(=O)OCc1ccccc1. The van der Waals surface area contributed by atoms with E-state index in [1.165, 1.54) is 0 Å². The summed E-state index contributed by atoms with van der Waals surface area (Å²) < 4.78 is 5.05. The van der Waals surface area contributed by atoms with Crippen LogP contribution in [0.25, 0.3) is 0 Å². The van der Waals surface area contributed by atoms with Crippen LogP contribution < -0.4 is 0 Å². The van der Waals surface area contributed by atoms with Gasteiger partial charge in [-0.2, -0.15) is 0 Å². The Hall–Kier alpha value is -2.08. The number of nitrogens with zero attached hydrogens (tertiary/aromatic N) is 1. The number of hydrogen-bond acceptors (Lipinski definition) is 4. The Kier molecular flexibility index (Phi) is 4.01. The molecule has 2 N–H and O–H groups in total. The van der Waals surface area contributed by atoms with Crippen LogP contribution in [0.4, 0.5) is 4.79 Å². The molecule has 1 fully saturated rings. The minimum Gasteiger partial charge on any atom is -0.480 e. The number of carboxylic acid groups (broad SMARTS) is 1. The van der Waals surface area contributed by atoms with Crippen LogP contribution in [0, 0.1) is 0 Å². The average Bonchev–Trinajstić information content (AvgIpc) is 2.79. The van der Waals surface area contributed by atoms with Gasteiger partial charge < -0.3 is 14.9 Å². The van der Waals surface area contributed by atoms with Crippen LogP contribution in [0.3, 0.4) is 0 Å². The standard InChI is InChI=1S/C13H15NO5/c15-10-6-11(12(16)17)14(7-10)13(18)19-8-9-4-2-1-3-5-9/h1-5,10-11,15H,6-8H2,(H,16,17)/t10-,11+/m0/s1. The molecule has 0 unspecified atom stereocenters. The summed E-state index contributed by atoms with van der Waals surface area (Å²) >= 11 is 0. The third-order valence-electron chi connectivity index (χ3n) is 3.00. The van der Waals surface area contributed by atoms with Crippen molar-refractivity contribution >= 4 is 12.1 Å². The summed E-state index contributed by atoms with van der Waals surface area (Å²) in [6.07, 6.45) is -1.49. The molecular formula is C13H15NO5. The lowest BCUT2D eigenvalue weighted by molar-refractivity contribution is -0.141. The van der Waals surface area contributed by atoms with Gasteiger partial charge in [-0.3, -0.25) is 4.90 Å². The van der Waals surface area contributed by atoms with Crippen LogP contribution in [0.1, 0.15) is 12.0 Å². The van der Waals surface area contributed by atoms with E-state index in [-0.39, 0.29) is 19.6 Å². The summed E-state index contributed by atoms with van der Waals surface area (Å²) in [7, 11) is 0. The molecule has 6 nitrogen and oxygen atoms in total. The molecule has 1 saturated heterocycles. The molecule has 0 aliphatic carbocycles. The minimum absolute atomic E-state index is 0.00934. The number of likely N-dealkylation sites (tertiary alicyclic amines) is 1. The molecular weight excluding hydrogens is 250 g/mol. The summed E-state index contributed by atoms with van der Waals surface area (Å²) in [4.78, 5) is 23.8. The van der Waals surface area contributed by atoms with Gasteiger partial charge in [-0.25, -0.2) is 9.59 Å². The predicted molar refractivity (Wildman–Crippen MR) is 65.4 cm³/mol. The molecule has 1 aromatic rings. The highest BCUT2D eigenvalue weighted by molar-refractivity contribution is 5.80. The summed E-state index contributed by atoms with van der Waals surface area (Å²) in [6, 6.07) is 8.09. The van der Waals surface area contributed by atoms with E-state index in [9.17, 15) is 14.7 Å². The molecule has 0 bridgehead atoms. The lowest BCUT2D eigenvalue weighted by Crippen LogP contribution is -2.40. The largest absolute Gasteiger partial charge is 0.480 e. The molecule has 1 amide bonds. The number of carbonyl (C=O) groups excluding carboxylic acids is 1. The third-order valence-corrected chi connectivity index (χ3v) is 3.00. The highest BCUT2D eigenvalue weighted by atomic mass is 16.6. The maximum absolute atomic E-state index is 11.8. The lowest BCUT2D eigenvalue weighted by atomic mass is 10.2. The molecule has 2 atom stereocenters. The number of carbonyl (C=O) groups is 2. The van der Waals surface area contributed by atoms with Gasteiger partial charge in [-0.05, 0) is 5.56 Å². The Bertz CT molecular complexity index is 461. The topological polar surface area (TPSA) is 87.1 Å². The molecule has 1 aliphatic rings. The number of aliphatic carboxylic acids is 1. The molecule has 0 aromatic heterocycles. The van der Waals surface area contributed by atoms with Crippen molar-refractivity contribution in [3.05, 3.63) is 35.9 Å². The van der Waals surface area contributed by atoms with Gasteiger partial charge >= 0.3 is 12.1 Å². The minimum atomic E-state index is -1.13. The Balaban J connectivity index is 1.94. The second kappa shape index (κ2) is 5.71. The number of rotatable bonds is 3. The highest BCUT2D eigenvalue weighted by Crippen LogP contribution is 2.19. The molecule has 0 spiro atoms. The van der Waals surface area contributed by atoms with E-state index in [1.54, 1.807) is 12.1 Å². The second-order valence-corrected chi connectivity index (χ2v) is 4.44. The molecule has 6 heteroatoms. The van der Waals surface area contributed by atoms with Crippen molar-refractivity contribution in [3.63, 3.8) is 0 Å². The third kappa shape index (κ3) is 3.23. The van der Waals surface area contributed by atoms with Crippen LogP contribution in [0.2, 0.25) is 0 Å². The number of aliphatic hydroxyl groups is 1. The first kappa shape index (κ1) is 13.4. The maximum atomic E-state index is 11.8. The number of aliphatic hydroxyl groups excluding tert-OH is 1. The zero-order valence-electron chi connectivity index (χ0n) is 10.2. The van der Waals surface area contributed by atoms with Crippen molar-refractivity contribution in [1.29, 1.82) is 0 Å². The summed E-state index contributed by atoms with van der Waals surface area (Å²) in [6.45, 7) is 0.0726. The Morgan fingerprint density at radius 3 is 2.63 bits per heavy atom. The molecule has 2 rings (SSSR count). The summed E-state index contributed by atoms with van der Waals surface area (Å²) in [5.74, 6) is -1.13. The number of ether oxygens (including phenoxy) is 1. The fraction of sp³-hybridized carbons (Fsp3) is 0.385. The average molecular weight is 265 g/mol. The van der Waals surface area contributed by atoms with E-state index in [1.807, 2.05) is 18.2 Å². The van der Waals surface area contributed by atoms with E-state index in [2.05, 4.69) is 0 Å². The zero-order chi connectivity index (χ0) is 13.8. The molecule has 1 aromatic carbocycles. The van der Waals surface area contributed by atoms with Crippen molar-refractivity contribution in [1.82, 2.24) is 4.90 Å². The smallest absolute Gasteiger partial charge is 0.410 e. The second-order valence-electron chi connectivity index (χ2n) is 4.44.